The smallest absolute Gasteiger partial charge is 0.321 e. The van der Waals surface area contributed by atoms with Crippen LogP contribution in [0.1, 0.15) is 25.7 Å². The molecule has 0 aromatic heterocycles. The lowest BCUT2D eigenvalue weighted by Gasteiger charge is -2.52. The zero-order valence-electron chi connectivity index (χ0n) is 13.6. The fraction of sp³-hybridized carbons (Fsp3) is 0.556. The second-order valence-corrected chi connectivity index (χ2v) is 8.13. The topological polar surface area (TPSA) is 52.7 Å². The summed E-state index contributed by atoms with van der Waals surface area (Å²) in [6.07, 6.45) is 3.92. The Hall–Kier alpha value is -1.56. The number of nitrogens with zero attached hydrogens (tertiary/aromatic N) is 2. The monoisotopic (exact) mass is 391 g/mol. The van der Waals surface area contributed by atoms with E-state index in [0.29, 0.717) is 30.2 Å². The van der Waals surface area contributed by atoms with Gasteiger partial charge in [0.05, 0.1) is 0 Å². The summed E-state index contributed by atoms with van der Waals surface area (Å²) >= 11 is 3.43. The molecule has 0 aliphatic carbocycles. The number of likely N-dealkylation sites (tertiary alicyclic amines) is 1. The number of amides is 3. The molecule has 3 heterocycles. The number of piperidine rings is 3. The van der Waals surface area contributed by atoms with Crippen molar-refractivity contribution in [1.29, 1.82) is 0 Å². The molecule has 3 amide bonds. The molecule has 1 aromatic rings. The molecule has 0 radical (unpaired) electrons. The number of carbonyl (C=O) groups excluding carboxylic acids is 2. The minimum absolute atomic E-state index is 0.0293. The van der Waals surface area contributed by atoms with Crippen LogP contribution in [0, 0.1) is 11.8 Å². The molecule has 4 rings (SSSR count). The lowest BCUT2D eigenvalue weighted by Crippen LogP contribution is -2.61. The third kappa shape index (κ3) is 3.04. The van der Waals surface area contributed by atoms with Gasteiger partial charge in [-0.25, -0.2) is 4.79 Å². The van der Waals surface area contributed by atoms with Gasteiger partial charge >= 0.3 is 6.03 Å². The second kappa shape index (κ2) is 6.39. The maximum atomic E-state index is 12.7. The number of rotatable bonds is 1. The normalized spacial score (nSPS) is 29.2. The predicted molar refractivity (Wildman–Crippen MR) is 95.7 cm³/mol. The number of fused-ring (bicyclic) bond motifs is 4. The highest BCUT2D eigenvalue weighted by Gasteiger charge is 2.44. The van der Waals surface area contributed by atoms with Crippen LogP contribution in [0.4, 0.5) is 10.5 Å². The summed E-state index contributed by atoms with van der Waals surface area (Å²) in [4.78, 5) is 28.9. The summed E-state index contributed by atoms with van der Waals surface area (Å²) in [5, 5.41) is 3.00. The minimum atomic E-state index is -0.0293. The molecule has 0 spiro atoms. The molecular weight excluding hydrogens is 370 g/mol. The maximum Gasteiger partial charge on any atom is 0.321 e. The van der Waals surface area contributed by atoms with Gasteiger partial charge in [0.15, 0.2) is 0 Å². The van der Waals surface area contributed by atoms with Crippen molar-refractivity contribution in [2.75, 3.05) is 25.0 Å². The number of hydrogen-bond donors (Lipinski definition) is 1. The van der Waals surface area contributed by atoms with E-state index in [-0.39, 0.29) is 6.03 Å². The Morgan fingerprint density at radius 1 is 1.25 bits per heavy atom. The summed E-state index contributed by atoms with van der Waals surface area (Å²) in [5.41, 5.74) is 0.805. The fourth-order valence-corrected chi connectivity index (χ4v) is 4.94. The Morgan fingerprint density at radius 3 is 2.96 bits per heavy atom. The number of halogens is 1. The fourth-order valence-electron chi connectivity index (χ4n) is 4.54. The van der Waals surface area contributed by atoms with Crippen molar-refractivity contribution in [3.8, 4) is 0 Å². The van der Waals surface area contributed by atoms with Crippen LogP contribution in [-0.4, -0.2) is 47.4 Å². The van der Waals surface area contributed by atoms with E-state index >= 15 is 0 Å². The summed E-state index contributed by atoms with van der Waals surface area (Å²) in [6.45, 7) is 2.32. The molecule has 128 valence electrons. The first-order valence-corrected chi connectivity index (χ1v) is 9.50. The molecule has 24 heavy (non-hydrogen) atoms. The van der Waals surface area contributed by atoms with Gasteiger partial charge in [0.25, 0.3) is 0 Å². The van der Waals surface area contributed by atoms with Gasteiger partial charge in [-0.1, -0.05) is 22.0 Å². The highest BCUT2D eigenvalue weighted by molar-refractivity contribution is 9.10. The summed E-state index contributed by atoms with van der Waals surface area (Å²) in [6, 6.07) is 7.97. The van der Waals surface area contributed by atoms with Gasteiger partial charge in [-0.05, 0) is 49.3 Å². The number of urea groups is 1. The molecule has 3 atom stereocenters. The van der Waals surface area contributed by atoms with Crippen LogP contribution in [0.3, 0.4) is 0 Å². The van der Waals surface area contributed by atoms with Gasteiger partial charge in [0.2, 0.25) is 5.91 Å². The number of benzene rings is 1. The Balaban J connectivity index is 1.45. The highest BCUT2D eigenvalue weighted by Crippen LogP contribution is 2.38. The first-order valence-electron chi connectivity index (χ1n) is 8.71. The van der Waals surface area contributed by atoms with Crippen LogP contribution in [0.5, 0.6) is 0 Å². The molecule has 3 saturated heterocycles. The molecule has 1 N–H and O–H groups in total. The van der Waals surface area contributed by atoms with E-state index in [0.717, 1.165) is 49.1 Å². The average molecular weight is 392 g/mol. The number of hydrogen-bond acceptors (Lipinski definition) is 2. The SMILES string of the molecule is O=C(Nc1cccc(Br)c1)N1CC2CC(C1)C1CCCC(=O)N1C2. The van der Waals surface area contributed by atoms with Crippen LogP contribution in [0.25, 0.3) is 0 Å². The zero-order chi connectivity index (χ0) is 16.7. The third-order valence-corrected chi connectivity index (χ3v) is 6.04. The molecule has 0 saturated carbocycles. The van der Waals surface area contributed by atoms with Crippen molar-refractivity contribution in [3.63, 3.8) is 0 Å². The van der Waals surface area contributed by atoms with Gasteiger partial charge in [0, 0.05) is 42.3 Å². The van der Waals surface area contributed by atoms with Crippen LogP contribution in [0.15, 0.2) is 28.7 Å². The third-order valence-electron chi connectivity index (χ3n) is 5.54. The lowest BCUT2D eigenvalue weighted by atomic mass is 9.76. The maximum absolute atomic E-state index is 12.7. The highest BCUT2D eigenvalue weighted by atomic mass is 79.9. The van der Waals surface area contributed by atoms with Gasteiger partial charge in [-0.3, -0.25) is 4.79 Å². The Morgan fingerprint density at radius 2 is 2.12 bits per heavy atom. The molecule has 2 bridgehead atoms. The summed E-state index contributed by atoms with van der Waals surface area (Å²) in [5.74, 6) is 1.15. The Bertz CT molecular complexity index is 665. The predicted octanol–water partition coefficient (Wildman–Crippen LogP) is 3.31. The summed E-state index contributed by atoms with van der Waals surface area (Å²) in [7, 11) is 0. The van der Waals surface area contributed by atoms with E-state index in [1.54, 1.807) is 0 Å². The Labute approximate surface area is 150 Å². The van der Waals surface area contributed by atoms with Crippen LogP contribution in [-0.2, 0) is 4.79 Å². The molecule has 6 heteroatoms. The van der Waals surface area contributed by atoms with Gasteiger partial charge < -0.3 is 15.1 Å². The molecule has 3 unspecified atom stereocenters. The van der Waals surface area contributed by atoms with Crippen LogP contribution in [0.2, 0.25) is 0 Å². The van der Waals surface area contributed by atoms with E-state index in [9.17, 15) is 9.59 Å². The van der Waals surface area contributed by atoms with Crippen molar-refractivity contribution in [3.05, 3.63) is 28.7 Å². The van der Waals surface area contributed by atoms with E-state index in [2.05, 4.69) is 26.1 Å². The second-order valence-electron chi connectivity index (χ2n) is 7.21. The quantitative estimate of drug-likeness (QED) is 0.797. The molecule has 3 aliphatic heterocycles. The van der Waals surface area contributed by atoms with E-state index < -0.39 is 0 Å². The average Bonchev–Trinajstić information content (AvgIpc) is 2.56. The van der Waals surface area contributed by atoms with E-state index in [1.165, 1.54) is 0 Å². The van der Waals surface area contributed by atoms with Crippen molar-refractivity contribution in [2.45, 2.75) is 31.7 Å². The molecule has 3 fully saturated rings. The van der Waals surface area contributed by atoms with E-state index in [1.807, 2.05) is 29.2 Å². The van der Waals surface area contributed by atoms with Crippen LogP contribution < -0.4 is 5.32 Å². The largest absolute Gasteiger partial charge is 0.339 e. The van der Waals surface area contributed by atoms with Crippen molar-refractivity contribution < 1.29 is 9.59 Å². The van der Waals surface area contributed by atoms with E-state index in [4.69, 9.17) is 0 Å². The first kappa shape index (κ1) is 15.9. The van der Waals surface area contributed by atoms with Crippen molar-refractivity contribution in [1.82, 2.24) is 9.80 Å². The molecule has 3 aliphatic rings. The number of carbonyl (C=O) groups is 2. The molecule has 1 aromatic carbocycles. The number of nitrogens with one attached hydrogen (secondary N) is 1. The zero-order valence-corrected chi connectivity index (χ0v) is 15.2. The minimum Gasteiger partial charge on any atom is -0.339 e. The lowest BCUT2D eigenvalue weighted by molar-refractivity contribution is -0.144. The van der Waals surface area contributed by atoms with Crippen LogP contribution >= 0.6 is 15.9 Å². The first-order chi connectivity index (χ1) is 11.6. The Kier molecular flexibility index (Phi) is 4.24. The van der Waals surface area contributed by atoms with Gasteiger partial charge in [-0.2, -0.15) is 0 Å². The van der Waals surface area contributed by atoms with Gasteiger partial charge in [-0.15, -0.1) is 0 Å². The molecule has 5 nitrogen and oxygen atoms in total. The summed E-state index contributed by atoms with van der Waals surface area (Å²) < 4.78 is 0.951. The van der Waals surface area contributed by atoms with Crippen molar-refractivity contribution >= 4 is 33.6 Å². The molecular formula is C18H22BrN3O2. The standard InChI is InChI=1S/C18H22BrN3O2/c19-14-3-1-4-15(8-14)20-18(24)21-9-12-7-13(11-21)16-5-2-6-17(23)22(16)10-12/h1,3-4,8,12-13,16H,2,5-7,9-11H2,(H,20,24). The van der Waals surface area contributed by atoms with Gasteiger partial charge in [0.1, 0.15) is 0 Å². The van der Waals surface area contributed by atoms with Crippen molar-refractivity contribution in [2.24, 2.45) is 11.8 Å². The number of anilines is 1.